The van der Waals surface area contributed by atoms with Crippen LogP contribution in [0.25, 0.3) is 5.57 Å². The van der Waals surface area contributed by atoms with Crippen LogP contribution in [0.1, 0.15) is 116 Å². The number of benzene rings is 1. The van der Waals surface area contributed by atoms with Crippen molar-refractivity contribution in [2.24, 2.45) is 4.99 Å². The fraction of sp³-hybridized carbons (Fsp3) is 0.613. The van der Waals surface area contributed by atoms with Crippen LogP contribution in [0.15, 0.2) is 29.5 Å². The average molecular weight is 497 g/mol. The molecule has 2 unspecified atom stereocenters. The fourth-order valence-corrected chi connectivity index (χ4v) is 8.43. The molecule has 6 aliphatic rings. The van der Waals surface area contributed by atoms with E-state index in [9.17, 15) is 0 Å². The third kappa shape index (κ3) is 3.82. The predicted molar refractivity (Wildman–Crippen MR) is 150 cm³/mol. The molecule has 0 spiro atoms. The molecule has 8 rings (SSSR count). The quantitative estimate of drug-likeness (QED) is 0.510. The first-order chi connectivity index (χ1) is 18.3. The molecule has 4 aliphatic heterocycles. The normalized spacial score (nSPS) is 31.3. The van der Waals surface area contributed by atoms with E-state index >= 15 is 0 Å². The standard InChI is InChI=1S/C31H40N6/c1-3-24(32-11-1)26-16-22(17-34-26)23-7-8-28(30-21-6-5-20(15-21)29(23)30)37-13-9-19(10-14-37)27-18-35-31(36-27)25-4-2-12-33-25/h7-8,17-21,24-25,32-33H,1-6,9-16H2,(H,35,36)/t20?,21?,24-,25-/m0/s1. The van der Waals surface area contributed by atoms with E-state index in [0.717, 1.165) is 50.3 Å². The van der Waals surface area contributed by atoms with Crippen LogP contribution in [0.4, 0.5) is 5.69 Å². The van der Waals surface area contributed by atoms with Gasteiger partial charge in [-0.15, -0.1) is 0 Å². The first kappa shape index (κ1) is 22.5. The van der Waals surface area contributed by atoms with Gasteiger partial charge >= 0.3 is 0 Å². The second-order valence-corrected chi connectivity index (χ2v) is 12.4. The molecular weight excluding hydrogens is 456 g/mol. The molecule has 2 bridgehead atoms. The zero-order valence-electron chi connectivity index (χ0n) is 21.9. The highest BCUT2D eigenvalue weighted by atomic mass is 15.1. The summed E-state index contributed by atoms with van der Waals surface area (Å²) in [6.45, 7) is 4.55. The largest absolute Gasteiger partial charge is 0.371 e. The van der Waals surface area contributed by atoms with Gasteiger partial charge in [0.25, 0.3) is 0 Å². The molecule has 1 aromatic carbocycles. The Labute approximate surface area is 220 Å². The third-order valence-corrected chi connectivity index (χ3v) is 10.4. The number of hydrogen-bond donors (Lipinski definition) is 3. The summed E-state index contributed by atoms with van der Waals surface area (Å²) in [5.41, 5.74) is 10.6. The molecule has 3 N–H and O–H groups in total. The lowest BCUT2D eigenvalue weighted by molar-refractivity contribution is 0.494. The SMILES string of the molecule is C1=C(c2ccc(N3CCC(c4cnc([C@@H]5CCCN5)[nH]4)CC3)c3c2C2CCC3C2)CC([C@@H]2CCCN2)=N1. The Morgan fingerprint density at radius 1 is 0.811 bits per heavy atom. The number of piperidine rings is 1. The molecule has 5 heterocycles. The summed E-state index contributed by atoms with van der Waals surface area (Å²) >= 11 is 0. The number of nitrogens with one attached hydrogen (secondary N) is 3. The molecule has 4 atom stereocenters. The number of rotatable bonds is 5. The molecule has 4 fully saturated rings. The van der Waals surface area contributed by atoms with Crippen molar-refractivity contribution in [3.8, 4) is 0 Å². The van der Waals surface area contributed by atoms with Gasteiger partial charge in [-0.05, 0) is 111 Å². The number of fused-ring (bicyclic) bond motifs is 5. The van der Waals surface area contributed by atoms with Gasteiger partial charge in [-0.2, -0.15) is 0 Å². The molecule has 2 aromatic rings. The number of imidazole rings is 1. The summed E-state index contributed by atoms with van der Waals surface area (Å²) < 4.78 is 0. The first-order valence-electron chi connectivity index (χ1n) is 15.0. The Balaban J connectivity index is 1.01. The Hall–Kier alpha value is -2.44. The van der Waals surface area contributed by atoms with Gasteiger partial charge < -0.3 is 20.5 Å². The Morgan fingerprint density at radius 2 is 1.59 bits per heavy atom. The highest BCUT2D eigenvalue weighted by Crippen LogP contribution is 2.58. The van der Waals surface area contributed by atoms with Crippen molar-refractivity contribution in [1.29, 1.82) is 0 Å². The highest BCUT2D eigenvalue weighted by Gasteiger charge is 2.42. The molecule has 37 heavy (non-hydrogen) atoms. The molecule has 0 radical (unpaired) electrons. The van der Waals surface area contributed by atoms with Crippen LogP contribution in [0.3, 0.4) is 0 Å². The second-order valence-electron chi connectivity index (χ2n) is 12.4. The Bertz CT molecular complexity index is 1240. The zero-order valence-corrected chi connectivity index (χ0v) is 21.9. The lowest BCUT2D eigenvalue weighted by Gasteiger charge is -2.36. The Morgan fingerprint density at radius 3 is 2.38 bits per heavy atom. The number of aliphatic imine (C=N–C) groups is 1. The summed E-state index contributed by atoms with van der Waals surface area (Å²) in [5, 5.41) is 7.23. The number of aromatic nitrogens is 2. The van der Waals surface area contributed by atoms with Crippen molar-refractivity contribution in [1.82, 2.24) is 20.6 Å². The lowest BCUT2D eigenvalue weighted by atomic mass is 9.83. The molecule has 2 aliphatic carbocycles. The number of hydrogen-bond acceptors (Lipinski definition) is 5. The van der Waals surface area contributed by atoms with Crippen LogP contribution in [0, 0.1) is 0 Å². The van der Waals surface area contributed by atoms with Gasteiger partial charge in [0.05, 0.1) is 6.04 Å². The summed E-state index contributed by atoms with van der Waals surface area (Å²) in [5.74, 6) is 3.28. The van der Waals surface area contributed by atoms with Crippen molar-refractivity contribution < 1.29 is 0 Å². The van der Waals surface area contributed by atoms with Gasteiger partial charge in [-0.25, -0.2) is 4.98 Å². The summed E-state index contributed by atoms with van der Waals surface area (Å²) in [4.78, 5) is 16.1. The molecule has 194 valence electrons. The van der Waals surface area contributed by atoms with Crippen molar-refractivity contribution in [3.63, 3.8) is 0 Å². The van der Waals surface area contributed by atoms with Gasteiger partial charge in [0, 0.05) is 61.0 Å². The van der Waals surface area contributed by atoms with E-state index in [2.05, 4.69) is 45.0 Å². The van der Waals surface area contributed by atoms with Gasteiger partial charge in [-0.3, -0.25) is 4.99 Å². The maximum Gasteiger partial charge on any atom is 0.123 e. The molecule has 0 amide bonds. The van der Waals surface area contributed by atoms with E-state index in [-0.39, 0.29) is 0 Å². The van der Waals surface area contributed by atoms with Gasteiger partial charge in [-0.1, -0.05) is 6.07 Å². The fourth-order valence-electron chi connectivity index (χ4n) is 8.43. The van der Waals surface area contributed by atoms with E-state index in [1.807, 2.05) is 0 Å². The summed E-state index contributed by atoms with van der Waals surface area (Å²) in [6, 6.07) is 5.86. The number of nitrogens with zero attached hydrogens (tertiary/aromatic N) is 3. The van der Waals surface area contributed by atoms with E-state index in [4.69, 9.17) is 9.98 Å². The average Bonchev–Trinajstić information content (AvgIpc) is 3.79. The minimum atomic E-state index is 0.427. The number of anilines is 1. The minimum absolute atomic E-state index is 0.427. The molecular formula is C31H40N6. The van der Waals surface area contributed by atoms with Gasteiger partial charge in [0.15, 0.2) is 0 Å². The van der Waals surface area contributed by atoms with Crippen LogP contribution in [-0.4, -0.2) is 47.9 Å². The number of H-pyrrole nitrogens is 1. The molecule has 3 saturated heterocycles. The smallest absolute Gasteiger partial charge is 0.123 e. The van der Waals surface area contributed by atoms with Crippen LogP contribution in [0.5, 0.6) is 0 Å². The zero-order chi connectivity index (χ0) is 24.3. The van der Waals surface area contributed by atoms with Gasteiger partial charge in [0.1, 0.15) is 5.82 Å². The van der Waals surface area contributed by atoms with Crippen LogP contribution in [-0.2, 0) is 0 Å². The summed E-state index contributed by atoms with van der Waals surface area (Å²) in [6.07, 6.45) is 16.9. The maximum absolute atomic E-state index is 4.91. The van der Waals surface area contributed by atoms with E-state index in [1.54, 1.807) is 16.8 Å². The van der Waals surface area contributed by atoms with Crippen LogP contribution in [0.2, 0.25) is 0 Å². The van der Waals surface area contributed by atoms with Crippen molar-refractivity contribution >= 4 is 17.0 Å². The monoisotopic (exact) mass is 496 g/mol. The van der Waals surface area contributed by atoms with Crippen molar-refractivity contribution in [2.45, 2.75) is 94.0 Å². The van der Waals surface area contributed by atoms with E-state index < -0.39 is 0 Å². The highest BCUT2D eigenvalue weighted by molar-refractivity contribution is 6.02. The third-order valence-electron chi connectivity index (χ3n) is 10.4. The number of aromatic amines is 1. The first-order valence-corrected chi connectivity index (χ1v) is 15.0. The van der Waals surface area contributed by atoms with Crippen LogP contribution < -0.4 is 15.5 Å². The minimum Gasteiger partial charge on any atom is -0.371 e. The maximum atomic E-state index is 4.91. The molecule has 6 heteroatoms. The Kier molecular flexibility index (Phi) is 5.54. The van der Waals surface area contributed by atoms with Crippen LogP contribution >= 0.6 is 0 Å². The second kappa shape index (κ2) is 9.09. The van der Waals surface area contributed by atoms with Gasteiger partial charge in [0.2, 0.25) is 0 Å². The topological polar surface area (TPSA) is 68.3 Å². The molecule has 6 nitrogen and oxygen atoms in total. The van der Waals surface area contributed by atoms with Crippen molar-refractivity contribution in [3.05, 3.63) is 52.7 Å². The van der Waals surface area contributed by atoms with Crippen molar-refractivity contribution in [2.75, 3.05) is 31.1 Å². The molecule has 1 aromatic heterocycles. The molecule has 1 saturated carbocycles. The number of allylic oxidation sites excluding steroid dienone is 1. The van der Waals surface area contributed by atoms with E-state index in [1.165, 1.54) is 80.3 Å². The predicted octanol–water partition coefficient (Wildman–Crippen LogP) is 5.52. The lowest BCUT2D eigenvalue weighted by Crippen LogP contribution is -2.34. The van der Waals surface area contributed by atoms with E-state index in [0.29, 0.717) is 18.0 Å². The summed E-state index contributed by atoms with van der Waals surface area (Å²) in [7, 11) is 0.